The Labute approximate surface area is 126 Å². The molecule has 1 aromatic carbocycles. The number of nitrogens with one attached hydrogen (secondary N) is 1. The van der Waals surface area contributed by atoms with E-state index in [4.69, 9.17) is 0 Å². The molecule has 20 heavy (non-hydrogen) atoms. The van der Waals surface area contributed by atoms with Crippen molar-refractivity contribution in [3.8, 4) is 0 Å². The second kappa shape index (κ2) is 8.08. The van der Waals surface area contributed by atoms with Crippen molar-refractivity contribution >= 4 is 11.8 Å². The number of rotatable bonds is 7. The predicted molar refractivity (Wildman–Crippen MR) is 87.0 cm³/mol. The quantitative estimate of drug-likeness (QED) is 0.768. The van der Waals surface area contributed by atoms with E-state index in [1.54, 1.807) is 0 Å². The van der Waals surface area contributed by atoms with Crippen LogP contribution in [0.5, 0.6) is 0 Å². The fraction of sp³-hybridized carbons (Fsp3) is 0.353. The lowest BCUT2D eigenvalue weighted by molar-refractivity contribution is 0.521. The van der Waals surface area contributed by atoms with Crippen LogP contribution < -0.4 is 5.32 Å². The average molecular weight is 286 g/mol. The van der Waals surface area contributed by atoms with Crippen LogP contribution in [0.3, 0.4) is 0 Å². The van der Waals surface area contributed by atoms with Gasteiger partial charge >= 0.3 is 0 Å². The zero-order valence-electron chi connectivity index (χ0n) is 12.1. The summed E-state index contributed by atoms with van der Waals surface area (Å²) in [5.74, 6) is 0. The van der Waals surface area contributed by atoms with E-state index < -0.39 is 0 Å². The van der Waals surface area contributed by atoms with Crippen molar-refractivity contribution in [3.05, 3.63) is 60.3 Å². The van der Waals surface area contributed by atoms with Gasteiger partial charge in [0, 0.05) is 17.5 Å². The van der Waals surface area contributed by atoms with E-state index in [-0.39, 0.29) is 0 Å². The van der Waals surface area contributed by atoms with Crippen molar-refractivity contribution in [2.24, 2.45) is 0 Å². The number of aromatic nitrogens is 1. The third-order valence-electron chi connectivity index (χ3n) is 3.27. The second-order valence-electron chi connectivity index (χ2n) is 4.68. The van der Waals surface area contributed by atoms with Gasteiger partial charge in [-0.25, -0.2) is 4.98 Å². The van der Waals surface area contributed by atoms with Crippen LogP contribution in [0.25, 0.3) is 0 Å². The zero-order chi connectivity index (χ0) is 14.2. The van der Waals surface area contributed by atoms with Crippen LogP contribution >= 0.6 is 11.8 Å². The van der Waals surface area contributed by atoms with Gasteiger partial charge in [0.25, 0.3) is 0 Å². The molecule has 0 spiro atoms. The minimum Gasteiger partial charge on any atom is -0.309 e. The van der Waals surface area contributed by atoms with Crippen LogP contribution in [-0.4, -0.2) is 16.8 Å². The zero-order valence-corrected chi connectivity index (χ0v) is 12.9. The summed E-state index contributed by atoms with van der Waals surface area (Å²) in [6.45, 7) is 5.38. The molecule has 0 radical (unpaired) electrons. The number of nitrogens with zero attached hydrogens (tertiary/aromatic N) is 1. The van der Waals surface area contributed by atoms with Crippen molar-refractivity contribution < 1.29 is 0 Å². The fourth-order valence-corrected chi connectivity index (χ4v) is 3.45. The molecule has 0 aliphatic heterocycles. The minimum atomic E-state index is 0.359. The van der Waals surface area contributed by atoms with Crippen LogP contribution in [-0.2, 0) is 0 Å². The first kappa shape index (κ1) is 15.1. The summed E-state index contributed by atoms with van der Waals surface area (Å²) < 4.78 is 0. The normalized spacial score (nSPS) is 13.9. The number of thioether (sulfide) groups is 1. The topological polar surface area (TPSA) is 24.9 Å². The molecule has 1 aromatic heterocycles. The maximum Gasteiger partial charge on any atom is 0.0963 e. The molecule has 2 rings (SSSR count). The van der Waals surface area contributed by atoms with Gasteiger partial charge in [-0.2, -0.15) is 0 Å². The van der Waals surface area contributed by atoms with Gasteiger partial charge in [-0.15, -0.1) is 11.8 Å². The van der Waals surface area contributed by atoms with E-state index in [2.05, 4.69) is 60.5 Å². The highest BCUT2D eigenvalue weighted by Crippen LogP contribution is 2.33. The molecule has 0 bridgehead atoms. The maximum absolute atomic E-state index is 4.44. The molecule has 1 heterocycles. The van der Waals surface area contributed by atoms with Crippen molar-refractivity contribution in [2.45, 2.75) is 36.6 Å². The molecule has 0 amide bonds. The van der Waals surface area contributed by atoms with Crippen molar-refractivity contribution in [1.29, 1.82) is 0 Å². The van der Waals surface area contributed by atoms with E-state index >= 15 is 0 Å². The van der Waals surface area contributed by atoms with E-state index in [1.165, 1.54) is 5.56 Å². The van der Waals surface area contributed by atoms with Gasteiger partial charge in [-0.1, -0.05) is 50.2 Å². The molecule has 106 valence electrons. The van der Waals surface area contributed by atoms with Gasteiger partial charge in [0.05, 0.1) is 5.03 Å². The molecule has 0 aliphatic rings. The molecular weight excluding hydrogens is 264 g/mol. The Morgan fingerprint density at radius 3 is 2.40 bits per heavy atom. The Morgan fingerprint density at radius 2 is 1.80 bits per heavy atom. The second-order valence-corrected chi connectivity index (χ2v) is 5.94. The van der Waals surface area contributed by atoms with E-state index in [1.807, 2.05) is 30.1 Å². The van der Waals surface area contributed by atoms with Crippen LogP contribution in [0.2, 0.25) is 0 Å². The summed E-state index contributed by atoms with van der Waals surface area (Å²) in [5, 5.41) is 5.20. The Balaban J connectivity index is 2.17. The van der Waals surface area contributed by atoms with Crippen molar-refractivity contribution in [1.82, 2.24) is 10.3 Å². The van der Waals surface area contributed by atoms with E-state index in [0.717, 1.165) is 18.0 Å². The standard InChI is InChI=1S/C17H22N2S/c1-3-15(20-16-12-8-9-13-19-16)17(18-4-2)14-10-6-5-7-11-14/h5-13,15,17-18H,3-4H2,1-2H3. The number of pyridine rings is 1. The van der Waals surface area contributed by atoms with Crippen LogP contribution in [0, 0.1) is 0 Å². The summed E-state index contributed by atoms with van der Waals surface area (Å²) >= 11 is 1.86. The summed E-state index contributed by atoms with van der Waals surface area (Å²) in [5.41, 5.74) is 1.35. The lowest BCUT2D eigenvalue weighted by atomic mass is 10.0. The van der Waals surface area contributed by atoms with E-state index in [0.29, 0.717) is 11.3 Å². The molecule has 0 aliphatic carbocycles. The average Bonchev–Trinajstić information content (AvgIpc) is 2.52. The Morgan fingerprint density at radius 1 is 1.05 bits per heavy atom. The molecule has 0 fully saturated rings. The smallest absolute Gasteiger partial charge is 0.0963 e. The van der Waals surface area contributed by atoms with E-state index in [9.17, 15) is 0 Å². The summed E-state index contributed by atoms with van der Waals surface area (Å²) in [6.07, 6.45) is 2.97. The van der Waals surface area contributed by atoms with Gasteiger partial charge < -0.3 is 5.32 Å². The highest BCUT2D eigenvalue weighted by atomic mass is 32.2. The van der Waals surface area contributed by atoms with Gasteiger partial charge in [0.2, 0.25) is 0 Å². The largest absolute Gasteiger partial charge is 0.309 e. The first-order valence-electron chi connectivity index (χ1n) is 7.21. The molecular formula is C17H22N2S. The first-order chi connectivity index (χ1) is 9.85. The lowest BCUT2D eigenvalue weighted by Crippen LogP contribution is -2.29. The predicted octanol–water partition coefficient (Wildman–Crippen LogP) is 4.30. The monoisotopic (exact) mass is 286 g/mol. The number of hydrogen-bond donors (Lipinski definition) is 1. The molecule has 1 N–H and O–H groups in total. The van der Waals surface area contributed by atoms with Gasteiger partial charge in [0.15, 0.2) is 0 Å². The lowest BCUT2D eigenvalue weighted by Gasteiger charge is -2.26. The van der Waals surface area contributed by atoms with Crippen LogP contribution in [0.4, 0.5) is 0 Å². The van der Waals surface area contributed by atoms with Gasteiger partial charge in [-0.3, -0.25) is 0 Å². The highest BCUT2D eigenvalue weighted by Gasteiger charge is 2.22. The minimum absolute atomic E-state index is 0.359. The molecule has 2 unspecified atom stereocenters. The Kier molecular flexibility index (Phi) is 6.09. The molecule has 2 nitrogen and oxygen atoms in total. The summed E-state index contributed by atoms with van der Waals surface area (Å²) in [4.78, 5) is 4.44. The number of hydrogen-bond acceptors (Lipinski definition) is 3. The molecule has 0 saturated carbocycles. The van der Waals surface area contributed by atoms with Gasteiger partial charge in [0.1, 0.15) is 0 Å². The van der Waals surface area contributed by atoms with Crippen LogP contribution in [0.15, 0.2) is 59.8 Å². The van der Waals surface area contributed by atoms with Gasteiger partial charge in [-0.05, 0) is 30.7 Å². The Bertz CT molecular complexity index is 487. The third kappa shape index (κ3) is 4.09. The third-order valence-corrected chi connectivity index (χ3v) is 4.66. The van der Waals surface area contributed by atoms with Crippen molar-refractivity contribution in [3.63, 3.8) is 0 Å². The Hall–Kier alpha value is -1.32. The summed E-state index contributed by atoms with van der Waals surface area (Å²) in [7, 11) is 0. The first-order valence-corrected chi connectivity index (χ1v) is 8.09. The molecule has 0 saturated heterocycles. The molecule has 2 atom stereocenters. The highest BCUT2D eigenvalue weighted by molar-refractivity contribution is 7.99. The maximum atomic E-state index is 4.44. The summed E-state index contributed by atoms with van der Waals surface area (Å²) in [6, 6.07) is 17.1. The SMILES string of the molecule is CCNC(c1ccccc1)C(CC)Sc1ccccn1. The van der Waals surface area contributed by atoms with Crippen molar-refractivity contribution in [2.75, 3.05) is 6.54 Å². The molecule has 3 heteroatoms. The van der Waals surface area contributed by atoms with Crippen LogP contribution in [0.1, 0.15) is 31.9 Å². The number of benzene rings is 1. The molecule has 2 aromatic rings. The fourth-order valence-electron chi connectivity index (χ4n) is 2.30.